The Kier molecular flexibility index (Phi) is 10.6. The van der Waals surface area contributed by atoms with Crippen molar-refractivity contribution in [3.05, 3.63) is 35.5 Å². The highest BCUT2D eigenvalue weighted by Gasteiger charge is 2.24. The SMILES string of the molecule is CCCCONc1ccc(OCCC(CCCC)N=C(N)/C=C(\N)C2CC2)cc1C. The largest absolute Gasteiger partial charge is 0.494 e. The molecule has 0 saturated heterocycles. The molecule has 0 amide bonds. The molecular weight excluding hydrogens is 376 g/mol. The number of nitrogens with two attached hydrogens (primary N) is 2. The van der Waals surface area contributed by atoms with E-state index in [-0.39, 0.29) is 6.04 Å². The van der Waals surface area contributed by atoms with Crippen molar-refractivity contribution in [2.24, 2.45) is 22.4 Å². The van der Waals surface area contributed by atoms with Crippen LogP contribution < -0.4 is 21.7 Å². The molecule has 1 aliphatic rings. The maximum atomic E-state index is 6.13. The van der Waals surface area contributed by atoms with E-state index in [1.807, 2.05) is 31.2 Å². The van der Waals surface area contributed by atoms with Crippen LogP contribution in [0.3, 0.4) is 0 Å². The van der Waals surface area contributed by atoms with E-state index in [4.69, 9.17) is 26.0 Å². The Bertz CT molecular complexity index is 698. The summed E-state index contributed by atoms with van der Waals surface area (Å²) in [7, 11) is 0. The van der Waals surface area contributed by atoms with E-state index in [0.29, 0.717) is 25.0 Å². The van der Waals surface area contributed by atoms with Gasteiger partial charge in [0.1, 0.15) is 11.6 Å². The number of amidine groups is 1. The summed E-state index contributed by atoms with van der Waals surface area (Å²) in [6.07, 6.45) is 10.4. The van der Waals surface area contributed by atoms with Crippen LogP contribution in [0.5, 0.6) is 5.75 Å². The molecule has 0 bridgehead atoms. The van der Waals surface area contributed by atoms with Crippen molar-refractivity contribution in [3.8, 4) is 5.75 Å². The lowest BCUT2D eigenvalue weighted by Gasteiger charge is -2.15. The molecule has 1 saturated carbocycles. The number of allylic oxidation sites excluding steroid dienone is 1. The van der Waals surface area contributed by atoms with Crippen molar-refractivity contribution in [2.75, 3.05) is 18.7 Å². The summed E-state index contributed by atoms with van der Waals surface area (Å²) in [6, 6.07) is 6.15. The summed E-state index contributed by atoms with van der Waals surface area (Å²) >= 11 is 0. The molecule has 6 nitrogen and oxygen atoms in total. The molecule has 1 atom stereocenters. The minimum absolute atomic E-state index is 0.155. The van der Waals surface area contributed by atoms with Crippen molar-refractivity contribution in [2.45, 2.75) is 78.2 Å². The van der Waals surface area contributed by atoms with Crippen molar-refractivity contribution in [1.82, 2.24) is 0 Å². The lowest BCUT2D eigenvalue weighted by Crippen LogP contribution is -2.19. The average Bonchev–Trinajstić information content (AvgIpc) is 3.56. The predicted octanol–water partition coefficient (Wildman–Crippen LogP) is 5.08. The van der Waals surface area contributed by atoms with E-state index < -0.39 is 0 Å². The maximum absolute atomic E-state index is 6.13. The lowest BCUT2D eigenvalue weighted by atomic mass is 10.1. The molecule has 1 aromatic rings. The first-order chi connectivity index (χ1) is 14.5. The summed E-state index contributed by atoms with van der Waals surface area (Å²) in [5, 5.41) is 0. The quantitative estimate of drug-likeness (QED) is 0.160. The number of nitrogens with one attached hydrogen (secondary N) is 1. The van der Waals surface area contributed by atoms with E-state index in [9.17, 15) is 0 Å². The van der Waals surface area contributed by atoms with Crippen molar-refractivity contribution in [1.29, 1.82) is 0 Å². The third-order valence-electron chi connectivity index (χ3n) is 5.29. The lowest BCUT2D eigenvalue weighted by molar-refractivity contribution is 0.189. The van der Waals surface area contributed by atoms with E-state index in [2.05, 4.69) is 19.3 Å². The molecule has 0 aromatic heterocycles. The van der Waals surface area contributed by atoms with Gasteiger partial charge in [0.25, 0.3) is 0 Å². The molecule has 30 heavy (non-hydrogen) atoms. The van der Waals surface area contributed by atoms with E-state index in [0.717, 1.165) is 61.2 Å². The van der Waals surface area contributed by atoms with Crippen LogP contribution in [-0.2, 0) is 4.84 Å². The van der Waals surface area contributed by atoms with Gasteiger partial charge in [-0.1, -0.05) is 33.1 Å². The van der Waals surface area contributed by atoms with Crippen LogP contribution in [0, 0.1) is 12.8 Å². The van der Waals surface area contributed by atoms with Gasteiger partial charge in [-0.3, -0.25) is 15.3 Å². The minimum Gasteiger partial charge on any atom is -0.494 e. The maximum Gasteiger partial charge on any atom is 0.120 e. The van der Waals surface area contributed by atoms with E-state index in [1.54, 1.807) is 0 Å². The molecule has 0 radical (unpaired) electrons. The zero-order chi connectivity index (χ0) is 21.8. The summed E-state index contributed by atoms with van der Waals surface area (Å²) in [5.41, 5.74) is 18.1. The number of benzene rings is 1. The third-order valence-corrected chi connectivity index (χ3v) is 5.29. The Labute approximate surface area is 182 Å². The van der Waals surface area contributed by atoms with Crippen LogP contribution in [0.2, 0.25) is 0 Å². The molecule has 0 heterocycles. The predicted molar refractivity (Wildman–Crippen MR) is 126 cm³/mol. The van der Waals surface area contributed by atoms with Crippen LogP contribution in [0.25, 0.3) is 0 Å². The summed E-state index contributed by atoms with van der Waals surface area (Å²) < 4.78 is 5.99. The summed E-state index contributed by atoms with van der Waals surface area (Å²) in [4.78, 5) is 10.2. The second-order valence-electron chi connectivity index (χ2n) is 8.19. The number of aryl methyl sites for hydroxylation is 1. The number of nitrogens with zero attached hydrogens (tertiary/aromatic N) is 1. The topological polar surface area (TPSA) is 94.9 Å². The second-order valence-corrected chi connectivity index (χ2v) is 8.19. The van der Waals surface area contributed by atoms with Crippen molar-refractivity contribution >= 4 is 11.5 Å². The van der Waals surface area contributed by atoms with Gasteiger partial charge in [-0.05, 0) is 68.4 Å². The highest BCUT2D eigenvalue weighted by Crippen LogP contribution is 2.33. The van der Waals surface area contributed by atoms with Gasteiger partial charge in [0.05, 0.1) is 24.9 Å². The Hall–Kier alpha value is -2.21. The molecule has 2 rings (SSSR count). The first kappa shape index (κ1) is 24.1. The van der Waals surface area contributed by atoms with Crippen LogP contribution in [0.4, 0.5) is 5.69 Å². The van der Waals surface area contributed by atoms with Gasteiger partial charge < -0.3 is 16.2 Å². The van der Waals surface area contributed by atoms with Crippen LogP contribution in [-0.4, -0.2) is 25.1 Å². The molecule has 168 valence electrons. The Balaban J connectivity index is 1.84. The van der Waals surface area contributed by atoms with E-state index in [1.165, 1.54) is 12.8 Å². The molecule has 0 aliphatic heterocycles. The smallest absolute Gasteiger partial charge is 0.120 e. The minimum atomic E-state index is 0.155. The first-order valence-corrected chi connectivity index (χ1v) is 11.4. The molecule has 1 aromatic carbocycles. The fourth-order valence-electron chi connectivity index (χ4n) is 3.17. The Morgan fingerprint density at radius 1 is 1.17 bits per heavy atom. The average molecular weight is 417 g/mol. The van der Waals surface area contributed by atoms with Gasteiger partial charge in [0, 0.05) is 12.1 Å². The molecule has 1 aliphatic carbocycles. The number of hydrogen-bond donors (Lipinski definition) is 3. The van der Waals surface area contributed by atoms with Crippen LogP contribution >= 0.6 is 0 Å². The van der Waals surface area contributed by atoms with Crippen molar-refractivity contribution < 1.29 is 9.57 Å². The number of unbranched alkanes of at least 4 members (excludes halogenated alkanes) is 2. The fourth-order valence-corrected chi connectivity index (χ4v) is 3.17. The summed E-state index contributed by atoms with van der Waals surface area (Å²) in [5.74, 6) is 1.90. The summed E-state index contributed by atoms with van der Waals surface area (Å²) in [6.45, 7) is 7.69. The normalized spacial score (nSPS) is 15.8. The van der Waals surface area contributed by atoms with Gasteiger partial charge in [-0.25, -0.2) is 0 Å². The number of anilines is 1. The van der Waals surface area contributed by atoms with Gasteiger partial charge >= 0.3 is 0 Å². The molecule has 0 spiro atoms. The molecule has 1 unspecified atom stereocenters. The zero-order valence-corrected chi connectivity index (χ0v) is 19.0. The zero-order valence-electron chi connectivity index (χ0n) is 19.0. The van der Waals surface area contributed by atoms with Gasteiger partial charge in [0.2, 0.25) is 0 Å². The van der Waals surface area contributed by atoms with Crippen molar-refractivity contribution in [3.63, 3.8) is 0 Å². The van der Waals surface area contributed by atoms with Gasteiger partial charge in [0.15, 0.2) is 0 Å². The number of aliphatic imine (C=N–C) groups is 1. The Morgan fingerprint density at radius 3 is 2.60 bits per heavy atom. The number of ether oxygens (including phenoxy) is 1. The van der Waals surface area contributed by atoms with Crippen LogP contribution in [0.15, 0.2) is 35.0 Å². The monoisotopic (exact) mass is 416 g/mol. The standard InChI is InChI=1S/C24H40N4O2/c1-4-6-8-20(27-24(26)17-22(25)19-9-10-19)13-15-29-21-11-12-23(18(3)16-21)28-30-14-7-5-2/h11-12,16-17,19-20,28H,4-10,13-15,25H2,1-3H3,(H2,26,27)/b22-17-. The highest BCUT2D eigenvalue weighted by atomic mass is 16.6. The second kappa shape index (κ2) is 13.2. The molecule has 5 N–H and O–H groups in total. The number of hydrogen-bond acceptors (Lipinski definition) is 5. The first-order valence-electron chi connectivity index (χ1n) is 11.4. The van der Waals surface area contributed by atoms with Crippen LogP contribution in [0.1, 0.15) is 70.8 Å². The molecule has 1 fully saturated rings. The van der Waals surface area contributed by atoms with E-state index >= 15 is 0 Å². The van der Waals surface area contributed by atoms with Gasteiger partial charge in [-0.15, -0.1) is 0 Å². The Morgan fingerprint density at radius 2 is 1.93 bits per heavy atom. The fraction of sp³-hybridized carbons (Fsp3) is 0.625. The number of rotatable bonds is 15. The highest BCUT2D eigenvalue weighted by molar-refractivity contribution is 5.92. The molecular formula is C24H40N4O2. The third kappa shape index (κ3) is 9.08. The van der Waals surface area contributed by atoms with Gasteiger partial charge in [-0.2, -0.15) is 0 Å². The molecule has 6 heteroatoms.